The molecular weight excluding hydrogens is 338 g/mol. The van der Waals surface area contributed by atoms with Crippen molar-refractivity contribution >= 4 is 28.5 Å². The van der Waals surface area contributed by atoms with E-state index in [1.165, 1.54) is 18.2 Å². The molecule has 0 saturated heterocycles. The number of carbonyl (C=O) groups excluding carboxylic acids is 1. The van der Waals surface area contributed by atoms with Gasteiger partial charge in [-0.1, -0.05) is 30.3 Å². The van der Waals surface area contributed by atoms with Gasteiger partial charge in [-0.2, -0.15) is 0 Å². The largest absolute Gasteiger partial charge is 0.502 e. The minimum atomic E-state index is -1.07. The quantitative estimate of drug-likeness (QED) is 0.649. The second-order valence-electron chi connectivity index (χ2n) is 5.63. The number of anilines is 1. The molecule has 0 aliphatic heterocycles. The van der Waals surface area contributed by atoms with Gasteiger partial charge in [-0.15, -0.1) is 0 Å². The number of benzene rings is 2. The van der Waals surface area contributed by atoms with E-state index in [4.69, 9.17) is 9.52 Å². The molecule has 0 atom stereocenters. The van der Waals surface area contributed by atoms with Gasteiger partial charge in [-0.05, 0) is 18.2 Å². The van der Waals surface area contributed by atoms with Crippen LogP contribution in [-0.4, -0.2) is 22.1 Å². The summed E-state index contributed by atoms with van der Waals surface area (Å²) in [4.78, 5) is 34.7. The number of carboxylic acids is 1. The van der Waals surface area contributed by atoms with Crippen molar-refractivity contribution in [1.29, 1.82) is 0 Å². The van der Waals surface area contributed by atoms with Crippen LogP contribution >= 0.6 is 0 Å². The lowest BCUT2D eigenvalue weighted by atomic mass is 10.1. The van der Waals surface area contributed by atoms with Gasteiger partial charge in [0.05, 0.1) is 11.8 Å². The number of hydrogen-bond acceptors (Lipinski definition) is 5. The first kappa shape index (κ1) is 17.2. The third-order valence-corrected chi connectivity index (χ3v) is 3.75. The average molecular weight is 353 g/mol. The molecule has 1 heterocycles. The molecule has 0 aliphatic rings. The Morgan fingerprint density at radius 2 is 1.77 bits per heavy atom. The molecule has 0 unspecified atom stereocenters. The van der Waals surface area contributed by atoms with Crippen LogP contribution in [0, 0.1) is 0 Å². The molecule has 0 spiro atoms. The monoisotopic (exact) mass is 353 g/mol. The van der Waals surface area contributed by atoms with Crippen LogP contribution in [0.4, 0.5) is 5.69 Å². The summed E-state index contributed by atoms with van der Waals surface area (Å²) in [5, 5.41) is 21.4. The van der Waals surface area contributed by atoms with Crippen LogP contribution < -0.4 is 10.7 Å². The van der Waals surface area contributed by atoms with E-state index in [-0.39, 0.29) is 29.6 Å². The summed E-state index contributed by atoms with van der Waals surface area (Å²) in [6, 6.07) is 13.2. The Morgan fingerprint density at radius 3 is 2.46 bits per heavy atom. The Balaban J connectivity index is 1.96. The zero-order valence-electron chi connectivity index (χ0n) is 13.6. The Kier molecular flexibility index (Phi) is 4.70. The highest BCUT2D eigenvalue weighted by molar-refractivity contribution is 5.95. The number of carboxylic acid groups (broad SMARTS) is 1. The molecule has 7 heteroatoms. The topological polar surface area (TPSA) is 117 Å². The number of hydrogen-bond donors (Lipinski definition) is 3. The van der Waals surface area contributed by atoms with Gasteiger partial charge < -0.3 is 19.9 Å². The molecule has 1 amide bonds. The summed E-state index contributed by atoms with van der Waals surface area (Å²) >= 11 is 0. The second kappa shape index (κ2) is 7.10. The van der Waals surface area contributed by atoms with Crippen LogP contribution in [0.5, 0.6) is 5.75 Å². The highest BCUT2D eigenvalue weighted by Crippen LogP contribution is 2.30. The van der Waals surface area contributed by atoms with Gasteiger partial charge in [0.15, 0.2) is 5.76 Å². The number of carbonyl (C=O) groups is 2. The first-order valence-electron chi connectivity index (χ1n) is 7.82. The van der Waals surface area contributed by atoms with Crippen molar-refractivity contribution in [2.45, 2.75) is 12.8 Å². The predicted octanol–water partition coefficient (Wildman–Crippen LogP) is 2.97. The van der Waals surface area contributed by atoms with Crippen LogP contribution in [0.3, 0.4) is 0 Å². The third kappa shape index (κ3) is 3.56. The van der Waals surface area contributed by atoms with Crippen LogP contribution in [0.2, 0.25) is 0 Å². The van der Waals surface area contributed by atoms with Crippen LogP contribution in [-0.2, 0) is 9.59 Å². The highest BCUT2D eigenvalue weighted by Gasteiger charge is 2.16. The zero-order chi connectivity index (χ0) is 18.7. The number of rotatable bonds is 5. The molecule has 7 nitrogen and oxygen atoms in total. The molecule has 0 saturated carbocycles. The number of amides is 1. The average Bonchev–Trinajstić information content (AvgIpc) is 2.64. The van der Waals surface area contributed by atoms with E-state index in [0.29, 0.717) is 11.3 Å². The van der Waals surface area contributed by atoms with Crippen molar-refractivity contribution < 1.29 is 24.2 Å². The van der Waals surface area contributed by atoms with Crippen molar-refractivity contribution in [1.82, 2.24) is 0 Å². The maximum atomic E-state index is 12.5. The highest BCUT2D eigenvalue weighted by atomic mass is 16.4. The molecule has 0 fully saturated rings. The lowest BCUT2D eigenvalue weighted by Gasteiger charge is -2.08. The molecule has 0 bridgehead atoms. The Morgan fingerprint density at radius 1 is 1.04 bits per heavy atom. The number of aliphatic carboxylic acids is 1. The van der Waals surface area contributed by atoms with Gasteiger partial charge in [-0.3, -0.25) is 14.4 Å². The molecule has 2 aromatic carbocycles. The third-order valence-electron chi connectivity index (χ3n) is 3.75. The van der Waals surface area contributed by atoms with E-state index in [2.05, 4.69) is 5.32 Å². The first-order chi connectivity index (χ1) is 12.5. The summed E-state index contributed by atoms with van der Waals surface area (Å²) < 4.78 is 5.66. The van der Waals surface area contributed by atoms with E-state index in [1.807, 2.05) is 0 Å². The summed E-state index contributed by atoms with van der Waals surface area (Å²) in [5.74, 6) is -2.00. The molecule has 26 heavy (non-hydrogen) atoms. The maximum absolute atomic E-state index is 12.5. The van der Waals surface area contributed by atoms with Crippen molar-refractivity contribution in [3.8, 4) is 17.1 Å². The standard InChI is InChI=1S/C19H15NO6/c21-15(8-9-16(22)23)20-12-6-7-14-13(10-12)17(24)18(25)19(26-14)11-4-2-1-3-5-11/h1-7,10,25H,8-9H2,(H,20,21)(H,22,23). The summed E-state index contributed by atoms with van der Waals surface area (Å²) in [5.41, 5.74) is 0.518. The minimum absolute atomic E-state index is 0.0707. The number of aromatic hydroxyl groups is 1. The SMILES string of the molecule is O=C(O)CCC(=O)Nc1ccc2oc(-c3ccccc3)c(O)c(=O)c2c1. The fraction of sp³-hybridized carbons (Fsp3) is 0.105. The number of nitrogens with one attached hydrogen (secondary N) is 1. The Hall–Kier alpha value is -3.61. The van der Waals surface area contributed by atoms with E-state index < -0.39 is 23.1 Å². The second-order valence-corrected chi connectivity index (χ2v) is 5.63. The first-order valence-corrected chi connectivity index (χ1v) is 7.82. The van der Waals surface area contributed by atoms with Crippen LogP contribution in [0.15, 0.2) is 57.7 Å². The predicted molar refractivity (Wildman–Crippen MR) is 95.1 cm³/mol. The smallest absolute Gasteiger partial charge is 0.303 e. The van der Waals surface area contributed by atoms with Gasteiger partial charge in [0.1, 0.15) is 5.58 Å². The molecule has 3 rings (SSSR count). The van der Waals surface area contributed by atoms with Gasteiger partial charge >= 0.3 is 5.97 Å². The number of fused-ring (bicyclic) bond motifs is 1. The van der Waals surface area contributed by atoms with Crippen LogP contribution in [0.1, 0.15) is 12.8 Å². The fourth-order valence-electron chi connectivity index (χ4n) is 2.49. The Bertz CT molecular complexity index is 1040. The minimum Gasteiger partial charge on any atom is -0.502 e. The van der Waals surface area contributed by atoms with Crippen molar-refractivity contribution in [2.24, 2.45) is 0 Å². The zero-order valence-corrected chi connectivity index (χ0v) is 13.6. The normalized spacial score (nSPS) is 10.6. The molecule has 132 valence electrons. The van der Waals surface area contributed by atoms with Crippen molar-refractivity contribution in [3.63, 3.8) is 0 Å². The van der Waals surface area contributed by atoms with E-state index in [1.54, 1.807) is 30.3 Å². The van der Waals surface area contributed by atoms with Gasteiger partial charge in [0.2, 0.25) is 17.1 Å². The fourth-order valence-corrected chi connectivity index (χ4v) is 2.49. The molecule has 3 N–H and O–H groups in total. The lowest BCUT2D eigenvalue weighted by Crippen LogP contribution is -2.13. The lowest BCUT2D eigenvalue weighted by molar-refractivity contribution is -0.138. The van der Waals surface area contributed by atoms with Gasteiger partial charge in [-0.25, -0.2) is 0 Å². The molecular formula is C19H15NO6. The summed E-state index contributed by atoms with van der Waals surface area (Å²) in [7, 11) is 0. The van der Waals surface area contributed by atoms with Gasteiger partial charge in [0, 0.05) is 17.7 Å². The van der Waals surface area contributed by atoms with Crippen molar-refractivity contribution in [2.75, 3.05) is 5.32 Å². The molecule has 1 aromatic heterocycles. The van der Waals surface area contributed by atoms with E-state index >= 15 is 0 Å². The maximum Gasteiger partial charge on any atom is 0.303 e. The summed E-state index contributed by atoms with van der Waals surface area (Å²) in [6.45, 7) is 0. The summed E-state index contributed by atoms with van der Waals surface area (Å²) in [6.07, 6.45) is -0.469. The van der Waals surface area contributed by atoms with Gasteiger partial charge in [0.25, 0.3) is 0 Å². The van der Waals surface area contributed by atoms with E-state index in [9.17, 15) is 19.5 Å². The Labute approximate surface area is 147 Å². The molecule has 0 aliphatic carbocycles. The molecule has 3 aromatic rings. The molecule has 0 radical (unpaired) electrons. The van der Waals surface area contributed by atoms with Crippen molar-refractivity contribution in [3.05, 3.63) is 58.8 Å². The van der Waals surface area contributed by atoms with E-state index in [0.717, 1.165) is 0 Å². The van der Waals surface area contributed by atoms with Crippen LogP contribution in [0.25, 0.3) is 22.3 Å².